The van der Waals surface area contributed by atoms with E-state index in [9.17, 15) is 0 Å². The average Bonchev–Trinajstić information content (AvgIpc) is 2.94. The van der Waals surface area contributed by atoms with Crippen molar-refractivity contribution >= 4 is 0 Å². The predicted molar refractivity (Wildman–Crippen MR) is 55.6 cm³/mol. The standard InChI is InChI=1S/C11H21NO/c1-3-4-5-11(10-6-7-10)12-9(2)8-13/h3,9-13H,1,4-8H2,2H3/t9-,11?/m1/s1. The van der Waals surface area contributed by atoms with Gasteiger partial charge in [-0.05, 0) is 38.5 Å². The Morgan fingerprint density at radius 3 is 2.77 bits per heavy atom. The van der Waals surface area contributed by atoms with Crippen molar-refractivity contribution in [2.45, 2.75) is 44.7 Å². The Morgan fingerprint density at radius 2 is 2.31 bits per heavy atom. The first-order chi connectivity index (χ1) is 6.27. The first-order valence-corrected chi connectivity index (χ1v) is 5.25. The zero-order valence-corrected chi connectivity index (χ0v) is 8.50. The predicted octanol–water partition coefficient (Wildman–Crippen LogP) is 1.70. The van der Waals surface area contributed by atoms with Crippen LogP contribution < -0.4 is 5.32 Å². The fourth-order valence-corrected chi connectivity index (χ4v) is 1.67. The van der Waals surface area contributed by atoms with E-state index in [0.29, 0.717) is 6.04 Å². The van der Waals surface area contributed by atoms with E-state index in [4.69, 9.17) is 5.11 Å². The van der Waals surface area contributed by atoms with Crippen molar-refractivity contribution in [2.75, 3.05) is 6.61 Å². The van der Waals surface area contributed by atoms with Gasteiger partial charge in [-0.2, -0.15) is 0 Å². The molecule has 76 valence electrons. The highest BCUT2D eigenvalue weighted by Gasteiger charge is 2.30. The SMILES string of the molecule is C=CCCC(N[C@H](C)CO)C1CC1. The van der Waals surface area contributed by atoms with Gasteiger partial charge in [0.15, 0.2) is 0 Å². The first-order valence-electron chi connectivity index (χ1n) is 5.25. The van der Waals surface area contributed by atoms with E-state index in [2.05, 4.69) is 11.9 Å². The molecule has 0 aromatic rings. The third-order valence-electron chi connectivity index (χ3n) is 2.65. The molecule has 0 aliphatic heterocycles. The normalized spacial score (nSPS) is 21.1. The molecular formula is C11H21NO. The zero-order chi connectivity index (χ0) is 9.68. The van der Waals surface area contributed by atoms with Crippen LogP contribution in [0.2, 0.25) is 0 Å². The van der Waals surface area contributed by atoms with Crippen molar-refractivity contribution in [3.05, 3.63) is 12.7 Å². The molecule has 0 spiro atoms. The molecular weight excluding hydrogens is 162 g/mol. The summed E-state index contributed by atoms with van der Waals surface area (Å²) in [5.41, 5.74) is 0. The lowest BCUT2D eigenvalue weighted by atomic mass is 10.1. The molecule has 0 bridgehead atoms. The first kappa shape index (κ1) is 10.7. The molecule has 1 aliphatic carbocycles. The van der Waals surface area contributed by atoms with Gasteiger partial charge in [0, 0.05) is 12.1 Å². The molecule has 1 aliphatic rings. The van der Waals surface area contributed by atoms with E-state index in [1.165, 1.54) is 19.3 Å². The van der Waals surface area contributed by atoms with E-state index < -0.39 is 0 Å². The minimum Gasteiger partial charge on any atom is -0.395 e. The largest absolute Gasteiger partial charge is 0.395 e. The lowest BCUT2D eigenvalue weighted by Gasteiger charge is -2.21. The van der Waals surface area contributed by atoms with Crippen molar-refractivity contribution in [1.82, 2.24) is 5.32 Å². The van der Waals surface area contributed by atoms with Gasteiger partial charge in [-0.3, -0.25) is 0 Å². The van der Waals surface area contributed by atoms with E-state index in [-0.39, 0.29) is 12.6 Å². The molecule has 13 heavy (non-hydrogen) atoms. The molecule has 2 nitrogen and oxygen atoms in total. The molecule has 1 fully saturated rings. The fourth-order valence-electron chi connectivity index (χ4n) is 1.67. The molecule has 0 amide bonds. The minimum atomic E-state index is 0.232. The van der Waals surface area contributed by atoms with Crippen molar-refractivity contribution < 1.29 is 5.11 Å². The molecule has 2 atom stereocenters. The summed E-state index contributed by atoms with van der Waals surface area (Å²) in [5.74, 6) is 0.856. The van der Waals surface area contributed by atoms with Gasteiger partial charge in [-0.15, -0.1) is 6.58 Å². The van der Waals surface area contributed by atoms with Gasteiger partial charge in [0.05, 0.1) is 6.61 Å². The van der Waals surface area contributed by atoms with Crippen LogP contribution >= 0.6 is 0 Å². The summed E-state index contributed by atoms with van der Waals surface area (Å²) in [6.07, 6.45) is 6.92. The monoisotopic (exact) mass is 183 g/mol. The van der Waals surface area contributed by atoms with Gasteiger partial charge in [0.1, 0.15) is 0 Å². The minimum absolute atomic E-state index is 0.232. The zero-order valence-electron chi connectivity index (χ0n) is 8.50. The van der Waals surface area contributed by atoms with E-state index in [1.54, 1.807) is 0 Å². The number of hydrogen-bond donors (Lipinski definition) is 2. The van der Waals surface area contributed by atoms with Gasteiger partial charge in [-0.25, -0.2) is 0 Å². The Morgan fingerprint density at radius 1 is 1.62 bits per heavy atom. The maximum Gasteiger partial charge on any atom is 0.0582 e. The second kappa shape index (κ2) is 5.40. The Labute approximate surface area is 81.0 Å². The molecule has 0 radical (unpaired) electrons. The Kier molecular flexibility index (Phi) is 4.46. The van der Waals surface area contributed by atoms with E-state index >= 15 is 0 Å². The van der Waals surface area contributed by atoms with Crippen LogP contribution in [0.15, 0.2) is 12.7 Å². The van der Waals surface area contributed by atoms with Crippen molar-refractivity contribution in [1.29, 1.82) is 0 Å². The number of nitrogens with one attached hydrogen (secondary N) is 1. The van der Waals surface area contributed by atoms with Crippen molar-refractivity contribution in [3.63, 3.8) is 0 Å². The second-order valence-corrected chi connectivity index (χ2v) is 4.06. The molecule has 0 heterocycles. The number of hydrogen-bond acceptors (Lipinski definition) is 2. The van der Waals surface area contributed by atoms with E-state index in [1.807, 2.05) is 13.0 Å². The van der Waals surface area contributed by atoms with Crippen molar-refractivity contribution in [3.8, 4) is 0 Å². The molecule has 0 aromatic carbocycles. The summed E-state index contributed by atoms with van der Waals surface area (Å²) in [7, 11) is 0. The summed E-state index contributed by atoms with van der Waals surface area (Å²) in [5, 5.41) is 12.4. The highest BCUT2D eigenvalue weighted by molar-refractivity contribution is 4.89. The number of aliphatic hydroxyl groups is 1. The van der Waals surface area contributed by atoms with Crippen LogP contribution in [0, 0.1) is 5.92 Å². The smallest absolute Gasteiger partial charge is 0.0582 e. The lowest BCUT2D eigenvalue weighted by molar-refractivity contribution is 0.233. The number of rotatable bonds is 7. The van der Waals surface area contributed by atoms with Gasteiger partial charge in [0.2, 0.25) is 0 Å². The summed E-state index contributed by atoms with van der Waals surface area (Å²) >= 11 is 0. The van der Waals surface area contributed by atoms with Crippen LogP contribution in [0.4, 0.5) is 0 Å². The third-order valence-corrected chi connectivity index (χ3v) is 2.65. The second-order valence-electron chi connectivity index (χ2n) is 4.06. The molecule has 1 saturated carbocycles. The Balaban J connectivity index is 2.24. The summed E-state index contributed by atoms with van der Waals surface area (Å²) < 4.78 is 0. The van der Waals surface area contributed by atoms with Crippen LogP contribution in [0.3, 0.4) is 0 Å². The van der Waals surface area contributed by atoms with Gasteiger partial charge in [-0.1, -0.05) is 6.08 Å². The Hall–Kier alpha value is -0.340. The summed E-state index contributed by atoms with van der Waals surface area (Å²) in [4.78, 5) is 0. The Bertz CT molecular complexity index is 154. The topological polar surface area (TPSA) is 32.3 Å². The average molecular weight is 183 g/mol. The fraction of sp³-hybridized carbons (Fsp3) is 0.818. The van der Waals surface area contributed by atoms with Crippen LogP contribution in [0.25, 0.3) is 0 Å². The van der Waals surface area contributed by atoms with Crippen LogP contribution in [-0.2, 0) is 0 Å². The van der Waals surface area contributed by atoms with Crippen LogP contribution in [0.1, 0.15) is 32.6 Å². The summed E-state index contributed by atoms with van der Waals surface area (Å²) in [6.45, 7) is 6.00. The highest BCUT2D eigenvalue weighted by Crippen LogP contribution is 2.34. The number of aliphatic hydroxyl groups excluding tert-OH is 1. The maximum atomic E-state index is 8.93. The van der Waals surface area contributed by atoms with Gasteiger partial charge in [0.25, 0.3) is 0 Å². The molecule has 0 saturated heterocycles. The van der Waals surface area contributed by atoms with Crippen LogP contribution in [0.5, 0.6) is 0 Å². The molecule has 2 N–H and O–H groups in total. The maximum absolute atomic E-state index is 8.93. The van der Waals surface area contributed by atoms with Gasteiger partial charge < -0.3 is 10.4 Å². The van der Waals surface area contributed by atoms with Gasteiger partial charge >= 0.3 is 0 Å². The molecule has 1 rings (SSSR count). The highest BCUT2D eigenvalue weighted by atomic mass is 16.3. The quantitative estimate of drug-likeness (QED) is 0.589. The van der Waals surface area contributed by atoms with Crippen molar-refractivity contribution in [2.24, 2.45) is 5.92 Å². The van der Waals surface area contributed by atoms with E-state index in [0.717, 1.165) is 12.3 Å². The lowest BCUT2D eigenvalue weighted by Crippen LogP contribution is -2.39. The molecule has 0 aromatic heterocycles. The molecule has 1 unspecified atom stereocenters. The third kappa shape index (κ3) is 3.92. The molecule has 2 heteroatoms. The van der Waals surface area contributed by atoms with Crippen LogP contribution in [-0.4, -0.2) is 23.8 Å². The number of allylic oxidation sites excluding steroid dienone is 1. The summed E-state index contributed by atoms with van der Waals surface area (Å²) in [6, 6.07) is 0.829.